The molecule has 0 radical (unpaired) electrons. The van der Waals surface area contributed by atoms with Crippen LogP contribution in [-0.2, 0) is 0 Å². The molecular weight excluding hydrogens is 262 g/mol. The minimum absolute atomic E-state index is 0.425. The minimum Gasteiger partial charge on any atom is -0.364 e. The highest BCUT2D eigenvalue weighted by Gasteiger charge is 2.17. The van der Waals surface area contributed by atoms with Gasteiger partial charge in [0.05, 0.1) is 5.69 Å². The molecule has 0 bridgehead atoms. The van der Waals surface area contributed by atoms with E-state index in [1.54, 1.807) is 11.3 Å². The maximum atomic E-state index is 11.6. The SMILES string of the molecule is Cc1nc2c3cccc(Cl)c3cc(C)n2c1C(N)=O. The summed E-state index contributed by atoms with van der Waals surface area (Å²) in [6.07, 6.45) is 0. The van der Waals surface area contributed by atoms with E-state index in [1.165, 1.54) is 0 Å². The van der Waals surface area contributed by atoms with Crippen LogP contribution in [0.1, 0.15) is 21.9 Å². The number of hydrogen-bond acceptors (Lipinski definition) is 2. The lowest BCUT2D eigenvalue weighted by Gasteiger charge is -2.08. The number of hydrogen-bond donors (Lipinski definition) is 1. The summed E-state index contributed by atoms with van der Waals surface area (Å²) in [6.45, 7) is 3.69. The predicted octanol–water partition coefficient (Wildman–Crippen LogP) is 2.86. The average Bonchev–Trinajstić information content (AvgIpc) is 2.69. The summed E-state index contributed by atoms with van der Waals surface area (Å²) in [6, 6.07) is 7.59. The third-order valence-electron chi connectivity index (χ3n) is 3.28. The fourth-order valence-electron chi connectivity index (χ4n) is 2.49. The van der Waals surface area contributed by atoms with Gasteiger partial charge in [-0.3, -0.25) is 9.20 Å². The molecule has 3 rings (SSSR count). The van der Waals surface area contributed by atoms with Gasteiger partial charge in [-0.05, 0) is 26.0 Å². The van der Waals surface area contributed by atoms with Gasteiger partial charge in [-0.2, -0.15) is 0 Å². The van der Waals surface area contributed by atoms with Gasteiger partial charge in [-0.15, -0.1) is 0 Å². The van der Waals surface area contributed by atoms with Crippen LogP contribution in [0.3, 0.4) is 0 Å². The molecule has 3 aromatic rings. The molecule has 2 heterocycles. The highest BCUT2D eigenvalue weighted by Crippen LogP contribution is 2.29. The van der Waals surface area contributed by atoms with Crippen molar-refractivity contribution in [3.63, 3.8) is 0 Å². The van der Waals surface area contributed by atoms with Crippen molar-refractivity contribution in [2.75, 3.05) is 0 Å². The van der Waals surface area contributed by atoms with Crippen molar-refractivity contribution in [1.29, 1.82) is 0 Å². The molecule has 0 unspecified atom stereocenters. The lowest BCUT2D eigenvalue weighted by Crippen LogP contribution is -2.16. The predicted molar refractivity (Wildman–Crippen MR) is 75.7 cm³/mol. The molecule has 4 nitrogen and oxygen atoms in total. The molecule has 19 heavy (non-hydrogen) atoms. The van der Waals surface area contributed by atoms with Crippen molar-refractivity contribution >= 4 is 33.9 Å². The Labute approximate surface area is 114 Å². The third-order valence-corrected chi connectivity index (χ3v) is 3.61. The minimum atomic E-state index is -0.477. The first-order valence-corrected chi connectivity index (χ1v) is 6.25. The van der Waals surface area contributed by atoms with Crippen LogP contribution in [0, 0.1) is 13.8 Å². The first kappa shape index (κ1) is 12.0. The summed E-state index contributed by atoms with van der Waals surface area (Å²) in [7, 11) is 0. The molecule has 2 N–H and O–H groups in total. The smallest absolute Gasteiger partial charge is 0.267 e. The van der Waals surface area contributed by atoms with Crippen molar-refractivity contribution in [2.24, 2.45) is 5.73 Å². The molecular formula is C14H12ClN3O. The van der Waals surface area contributed by atoms with E-state index in [-0.39, 0.29) is 0 Å². The Morgan fingerprint density at radius 2 is 2.05 bits per heavy atom. The van der Waals surface area contributed by atoms with Crippen molar-refractivity contribution < 1.29 is 4.79 Å². The van der Waals surface area contributed by atoms with Gasteiger partial charge in [0.2, 0.25) is 0 Å². The van der Waals surface area contributed by atoms with E-state index in [9.17, 15) is 4.79 Å². The van der Waals surface area contributed by atoms with E-state index >= 15 is 0 Å². The number of imidazole rings is 1. The number of nitrogens with zero attached hydrogens (tertiary/aromatic N) is 2. The van der Waals surface area contributed by atoms with E-state index < -0.39 is 5.91 Å². The lowest BCUT2D eigenvalue weighted by molar-refractivity contribution is 0.0994. The zero-order chi connectivity index (χ0) is 13.7. The molecule has 1 aromatic carbocycles. The molecule has 0 saturated heterocycles. The molecule has 5 heteroatoms. The summed E-state index contributed by atoms with van der Waals surface area (Å²) in [4.78, 5) is 16.1. The van der Waals surface area contributed by atoms with Crippen LogP contribution < -0.4 is 5.73 Å². The van der Waals surface area contributed by atoms with Crippen molar-refractivity contribution in [3.05, 3.63) is 46.4 Å². The number of fused-ring (bicyclic) bond motifs is 3. The van der Waals surface area contributed by atoms with E-state index in [2.05, 4.69) is 4.98 Å². The van der Waals surface area contributed by atoms with Crippen molar-refractivity contribution in [3.8, 4) is 0 Å². The van der Waals surface area contributed by atoms with Crippen LogP contribution in [0.2, 0.25) is 5.02 Å². The number of carbonyl (C=O) groups excluding carboxylic acids is 1. The number of halogens is 1. The van der Waals surface area contributed by atoms with Gasteiger partial charge in [0.1, 0.15) is 11.3 Å². The van der Waals surface area contributed by atoms with E-state index in [4.69, 9.17) is 17.3 Å². The van der Waals surface area contributed by atoms with Gasteiger partial charge in [0.25, 0.3) is 5.91 Å². The molecule has 0 aliphatic heterocycles. The fourth-order valence-corrected chi connectivity index (χ4v) is 2.72. The summed E-state index contributed by atoms with van der Waals surface area (Å²) in [5.41, 5.74) is 8.09. The zero-order valence-electron chi connectivity index (χ0n) is 10.6. The number of carbonyl (C=O) groups is 1. The van der Waals surface area contributed by atoms with Crippen LogP contribution in [0.15, 0.2) is 24.3 Å². The lowest BCUT2D eigenvalue weighted by atomic mass is 10.1. The van der Waals surface area contributed by atoms with Gasteiger partial charge in [0.15, 0.2) is 0 Å². The second kappa shape index (κ2) is 3.96. The number of aromatic nitrogens is 2. The first-order valence-electron chi connectivity index (χ1n) is 5.87. The maximum absolute atomic E-state index is 11.6. The van der Waals surface area contributed by atoms with Crippen LogP contribution >= 0.6 is 11.6 Å². The normalized spacial score (nSPS) is 11.3. The summed E-state index contributed by atoms with van der Waals surface area (Å²) in [5.74, 6) is -0.477. The third kappa shape index (κ3) is 1.60. The van der Waals surface area contributed by atoms with E-state index in [1.807, 2.05) is 31.2 Å². The van der Waals surface area contributed by atoms with Crippen LogP contribution in [-0.4, -0.2) is 15.3 Å². The number of amides is 1. The molecule has 96 valence electrons. The molecule has 0 aliphatic rings. The highest BCUT2D eigenvalue weighted by molar-refractivity contribution is 6.36. The van der Waals surface area contributed by atoms with Gasteiger partial charge in [0, 0.05) is 21.5 Å². The van der Waals surface area contributed by atoms with Gasteiger partial charge in [-0.1, -0.05) is 23.7 Å². The molecule has 0 fully saturated rings. The second-order valence-corrected chi connectivity index (χ2v) is 4.96. The maximum Gasteiger partial charge on any atom is 0.267 e. The molecule has 0 spiro atoms. The summed E-state index contributed by atoms with van der Waals surface area (Å²) in [5, 5.41) is 2.51. The van der Waals surface area contributed by atoms with Crippen LogP contribution in [0.4, 0.5) is 0 Å². The Hall–Kier alpha value is -2.07. The summed E-state index contributed by atoms with van der Waals surface area (Å²) >= 11 is 6.21. The number of nitrogens with two attached hydrogens (primary N) is 1. The number of primary amides is 1. The quantitative estimate of drug-likeness (QED) is 0.741. The van der Waals surface area contributed by atoms with Gasteiger partial charge < -0.3 is 5.73 Å². The molecule has 0 saturated carbocycles. The largest absolute Gasteiger partial charge is 0.364 e. The molecule has 2 aromatic heterocycles. The van der Waals surface area contributed by atoms with Gasteiger partial charge in [-0.25, -0.2) is 4.98 Å². The molecule has 0 aliphatic carbocycles. The molecule has 0 atom stereocenters. The topological polar surface area (TPSA) is 60.4 Å². The standard InChI is InChI=1S/C14H12ClN3O/c1-7-6-10-9(4-3-5-11(10)15)14-17-8(2)12(13(16)19)18(7)14/h3-6H,1-2H3,(H2,16,19). The highest BCUT2D eigenvalue weighted by atomic mass is 35.5. The monoisotopic (exact) mass is 273 g/mol. The number of benzene rings is 1. The van der Waals surface area contributed by atoms with Gasteiger partial charge >= 0.3 is 0 Å². The Kier molecular flexibility index (Phi) is 2.50. The Morgan fingerprint density at radius 1 is 1.32 bits per heavy atom. The van der Waals surface area contributed by atoms with E-state index in [0.29, 0.717) is 22.1 Å². The fraction of sp³-hybridized carbons (Fsp3) is 0.143. The number of rotatable bonds is 1. The molecule has 1 amide bonds. The van der Waals surface area contributed by atoms with Crippen LogP contribution in [0.25, 0.3) is 16.4 Å². The van der Waals surface area contributed by atoms with E-state index in [0.717, 1.165) is 16.5 Å². The Morgan fingerprint density at radius 3 is 2.74 bits per heavy atom. The number of pyridine rings is 1. The first-order chi connectivity index (χ1) is 9.00. The Bertz CT molecular complexity index is 836. The second-order valence-electron chi connectivity index (χ2n) is 4.56. The Balaban J connectivity index is 2.61. The average molecular weight is 274 g/mol. The van der Waals surface area contributed by atoms with Crippen molar-refractivity contribution in [1.82, 2.24) is 9.38 Å². The summed E-state index contributed by atoms with van der Waals surface area (Å²) < 4.78 is 1.79. The zero-order valence-corrected chi connectivity index (χ0v) is 11.3. The van der Waals surface area contributed by atoms with Crippen LogP contribution in [0.5, 0.6) is 0 Å². The van der Waals surface area contributed by atoms with Crippen molar-refractivity contribution in [2.45, 2.75) is 13.8 Å². The number of aryl methyl sites for hydroxylation is 2.